The summed E-state index contributed by atoms with van der Waals surface area (Å²) >= 11 is 0. The minimum absolute atomic E-state index is 0.118. The van der Waals surface area contributed by atoms with Gasteiger partial charge in [0.2, 0.25) is 0 Å². The summed E-state index contributed by atoms with van der Waals surface area (Å²) in [5, 5.41) is 8.77. The quantitative estimate of drug-likeness (QED) is 0.669. The highest BCUT2D eigenvalue weighted by Crippen LogP contribution is 2.20. The van der Waals surface area contributed by atoms with Crippen molar-refractivity contribution >= 4 is 5.97 Å². The standard InChI is InChI=1S/C9H14FNO2/c1-2-3-4-11-6-7(10)5-8(11)9(12)13/h2,7-8H,1,3-6H2,(H,12,13). The Morgan fingerprint density at radius 2 is 2.46 bits per heavy atom. The minimum atomic E-state index is -0.995. The van der Waals surface area contributed by atoms with E-state index in [1.165, 1.54) is 0 Å². The van der Waals surface area contributed by atoms with Gasteiger partial charge in [0.1, 0.15) is 12.2 Å². The van der Waals surface area contributed by atoms with Crippen molar-refractivity contribution in [3.8, 4) is 0 Å². The van der Waals surface area contributed by atoms with Crippen molar-refractivity contribution < 1.29 is 14.3 Å². The van der Waals surface area contributed by atoms with E-state index in [9.17, 15) is 9.18 Å². The minimum Gasteiger partial charge on any atom is -0.480 e. The van der Waals surface area contributed by atoms with E-state index in [-0.39, 0.29) is 13.0 Å². The fourth-order valence-corrected chi connectivity index (χ4v) is 1.61. The van der Waals surface area contributed by atoms with E-state index < -0.39 is 18.2 Å². The normalized spacial score (nSPS) is 29.0. The van der Waals surface area contributed by atoms with Crippen LogP contribution in [0.5, 0.6) is 0 Å². The lowest BCUT2D eigenvalue weighted by atomic mass is 10.2. The summed E-state index contributed by atoms with van der Waals surface area (Å²) in [7, 11) is 0. The van der Waals surface area contributed by atoms with Crippen molar-refractivity contribution in [1.82, 2.24) is 4.90 Å². The zero-order chi connectivity index (χ0) is 9.84. The van der Waals surface area contributed by atoms with E-state index in [2.05, 4.69) is 6.58 Å². The molecule has 4 heteroatoms. The summed E-state index contributed by atoms with van der Waals surface area (Å²) in [6, 6.07) is -0.644. The Morgan fingerprint density at radius 1 is 1.77 bits per heavy atom. The average molecular weight is 187 g/mol. The molecule has 1 rings (SSSR count). The van der Waals surface area contributed by atoms with Crippen molar-refractivity contribution in [1.29, 1.82) is 0 Å². The van der Waals surface area contributed by atoms with Gasteiger partial charge >= 0.3 is 5.97 Å². The molecular weight excluding hydrogens is 173 g/mol. The molecule has 0 aromatic carbocycles. The van der Waals surface area contributed by atoms with Crippen molar-refractivity contribution in [2.24, 2.45) is 0 Å². The molecule has 1 fully saturated rings. The van der Waals surface area contributed by atoms with Crippen LogP contribution in [-0.4, -0.2) is 41.3 Å². The Hall–Kier alpha value is -0.900. The third-order valence-electron chi connectivity index (χ3n) is 2.26. The van der Waals surface area contributed by atoms with E-state index in [0.717, 1.165) is 0 Å². The second-order valence-corrected chi connectivity index (χ2v) is 3.26. The molecule has 0 aromatic heterocycles. The van der Waals surface area contributed by atoms with Gasteiger partial charge in [-0.15, -0.1) is 6.58 Å². The maximum Gasteiger partial charge on any atom is 0.321 e. The van der Waals surface area contributed by atoms with E-state index in [1.807, 2.05) is 0 Å². The lowest BCUT2D eigenvalue weighted by Crippen LogP contribution is -2.36. The number of hydrogen-bond acceptors (Lipinski definition) is 2. The molecule has 0 aliphatic carbocycles. The summed E-state index contributed by atoms with van der Waals surface area (Å²) in [6.45, 7) is 4.37. The van der Waals surface area contributed by atoms with Crippen LogP contribution in [-0.2, 0) is 4.79 Å². The second kappa shape index (κ2) is 4.37. The van der Waals surface area contributed by atoms with Crippen molar-refractivity contribution in [3.05, 3.63) is 12.7 Å². The predicted octanol–water partition coefficient (Wildman–Crippen LogP) is 1.06. The zero-order valence-electron chi connectivity index (χ0n) is 7.45. The van der Waals surface area contributed by atoms with Crippen LogP contribution in [0.25, 0.3) is 0 Å². The molecule has 2 atom stereocenters. The first kappa shape index (κ1) is 10.2. The van der Waals surface area contributed by atoms with Gasteiger partial charge in [0, 0.05) is 19.5 Å². The highest BCUT2D eigenvalue weighted by atomic mass is 19.1. The summed E-state index contributed by atoms with van der Waals surface area (Å²) < 4.78 is 12.9. The predicted molar refractivity (Wildman–Crippen MR) is 47.3 cm³/mol. The number of nitrogens with zero attached hydrogens (tertiary/aromatic N) is 1. The van der Waals surface area contributed by atoms with E-state index in [4.69, 9.17) is 5.11 Å². The molecular formula is C9H14FNO2. The van der Waals surface area contributed by atoms with Gasteiger partial charge in [-0.3, -0.25) is 9.69 Å². The lowest BCUT2D eigenvalue weighted by Gasteiger charge is -2.19. The number of hydrogen-bond donors (Lipinski definition) is 1. The van der Waals surface area contributed by atoms with Crippen molar-refractivity contribution in [2.75, 3.05) is 13.1 Å². The van der Waals surface area contributed by atoms with E-state index in [0.29, 0.717) is 13.0 Å². The number of carboxylic acid groups (broad SMARTS) is 1. The maximum atomic E-state index is 12.9. The number of alkyl halides is 1. The van der Waals surface area contributed by atoms with Gasteiger partial charge in [-0.1, -0.05) is 6.08 Å². The van der Waals surface area contributed by atoms with Gasteiger partial charge in [-0.05, 0) is 6.42 Å². The van der Waals surface area contributed by atoms with Gasteiger partial charge in [-0.2, -0.15) is 0 Å². The first-order chi connectivity index (χ1) is 6.15. The molecule has 74 valence electrons. The number of aliphatic carboxylic acids is 1. The number of carbonyl (C=O) groups is 1. The number of rotatable bonds is 4. The second-order valence-electron chi connectivity index (χ2n) is 3.26. The third kappa shape index (κ3) is 2.52. The largest absolute Gasteiger partial charge is 0.480 e. The van der Waals surface area contributed by atoms with Crippen LogP contribution in [0.4, 0.5) is 4.39 Å². The fraction of sp³-hybridized carbons (Fsp3) is 0.667. The van der Waals surface area contributed by atoms with Crippen LogP contribution < -0.4 is 0 Å². The third-order valence-corrected chi connectivity index (χ3v) is 2.26. The molecule has 1 aliphatic heterocycles. The topological polar surface area (TPSA) is 40.5 Å². The maximum absolute atomic E-state index is 12.9. The highest BCUT2D eigenvalue weighted by Gasteiger charge is 2.36. The Labute approximate surface area is 76.8 Å². The Kier molecular flexibility index (Phi) is 3.42. The zero-order valence-corrected chi connectivity index (χ0v) is 7.45. The van der Waals surface area contributed by atoms with Crippen LogP contribution in [0.15, 0.2) is 12.7 Å². The summed E-state index contributed by atoms with van der Waals surface area (Å²) in [4.78, 5) is 12.3. The average Bonchev–Trinajstić information content (AvgIpc) is 2.43. The van der Waals surface area contributed by atoms with Crippen LogP contribution in [0.2, 0.25) is 0 Å². The molecule has 2 unspecified atom stereocenters. The molecule has 13 heavy (non-hydrogen) atoms. The van der Waals surface area contributed by atoms with Gasteiger partial charge in [0.15, 0.2) is 0 Å². The van der Waals surface area contributed by atoms with Crippen molar-refractivity contribution in [3.63, 3.8) is 0 Å². The Balaban J connectivity index is 2.50. The molecule has 0 aromatic rings. The van der Waals surface area contributed by atoms with E-state index >= 15 is 0 Å². The fourth-order valence-electron chi connectivity index (χ4n) is 1.61. The smallest absolute Gasteiger partial charge is 0.321 e. The summed E-state index contributed by atoms with van der Waals surface area (Å²) in [6.07, 6.45) is 1.54. The molecule has 3 nitrogen and oxygen atoms in total. The highest BCUT2D eigenvalue weighted by molar-refractivity contribution is 5.74. The number of carboxylic acids is 1. The molecule has 0 spiro atoms. The van der Waals surface area contributed by atoms with Gasteiger partial charge < -0.3 is 5.11 Å². The van der Waals surface area contributed by atoms with Crippen LogP contribution in [0.3, 0.4) is 0 Å². The molecule has 1 N–H and O–H groups in total. The van der Waals surface area contributed by atoms with Crippen LogP contribution in [0, 0.1) is 0 Å². The molecule has 1 saturated heterocycles. The summed E-state index contributed by atoms with van der Waals surface area (Å²) in [5.41, 5.74) is 0. The van der Waals surface area contributed by atoms with E-state index in [1.54, 1.807) is 11.0 Å². The Morgan fingerprint density at radius 3 is 3.00 bits per heavy atom. The Bertz CT molecular complexity index is 208. The molecule has 0 amide bonds. The SMILES string of the molecule is C=CCCN1CC(F)CC1C(=O)O. The van der Waals surface area contributed by atoms with Crippen LogP contribution in [0.1, 0.15) is 12.8 Å². The first-order valence-corrected chi connectivity index (χ1v) is 4.37. The summed E-state index contributed by atoms with van der Waals surface area (Å²) in [5.74, 6) is -0.927. The van der Waals surface area contributed by atoms with Gasteiger partial charge in [0.25, 0.3) is 0 Å². The van der Waals surface area contributed by atoms with Crippen molar-refractivity contribution in [2.45, 2.75) is 25.1 Å². The molecule has 1 aliphatic rings. The number of halogens is 1. The molecule has 0 saturated carbocycles. The van der Waals surface area contributed by atoms with Gasteiger partial charge in [-0.25, -0.2) is 4.39 Å². The first-order valence-electron chi connectivity index (χ1n) is 4.37. The van der Waals surface area contributed by atoms with Crippen LogP contribution >= 0.6 is 0 Å². The number of likely N-dealkylation sites (tertiary alicyclic amines) is 1. The lowest BCUT2D eigenvalue weighted by molar-refractivity contribution is -0.142. The molecule has 0 bridgehead atoms. The van der Waals surface area contributed by atoms with Gasteiger partial charge in [0.05, 0.1) is 0 Å². The molecule has 1 heterocycles. The molecule has 0 radical (unpaired) electrons. The monoisotopic (exact) mass is 187 g/mol.